The van der Waals surface area contributed by atoms with Gasteiger partial charge in [-0.3, -0.25) is 14.4 Å². The fourth-order valence-electron chi connectivity index (χ4n) is 1.42. The number of hydrogen-bond acceptors (Lipinski definition) is 5. The van der Waals surface area contributed by atoms with E-state index in [4.69, 9.17) is 14.6 Å². The predicted octanol–water partition coefficient (Wildman–Crippen LogP) is 0.525. The molecule has 0 heterocycles. The molecule has 1 N–H and O–H groups in total. The number of carbonyl (C=O) groups excluding carboxylic acids is 2. The lowest BCUT2D eigenvalue weighted by atomic mass is 9.89. The summed E-state index contributed by atoms with van der Waals surface area (Å²) in [5, 5.41) is 9.03. The first kappa shape index (κ1) is 18.4. The normalized spacial score (nSPS) is 11.0. The number of methoxy groups -OCH3 is 1. The average Bonchev–Trinajstić information content (AvgIpc) is 2.33. The van der Waals surface area contributed by atoms with Gasteiger partial charge in [-0.05, 0) is 20.8 Å². The van der Waals surface area contributed by atoms with Crippen LogP contribution in [0, 0.1) is 5.41 Å². The first-order valence-corrected chi connectivity index (χ1v) is 6.40. The first-order valence-electron chi connectivity index (χ1n) is 6.40. The highest BCUT2D eigenvalue weighted by atomic mass is 16.5. The Morgan fingerprint density at radius 1 is 1.25 bits per heavy atom. The zero-order chi connectivity index (χ0) is 15.8. The Balaban J connectivity index is 4.71. The van der Waals surface area contributed by atoms with Gasteiger partial charge in [0, 0.05) is 20.1 Å². The number of carboxylic acid groups (broad SMARTS) is 1. The van der Waals surface area contributed by atoms with E-state index in [-0.39, 0.29) is 32.7 Å². The van der Waals surface area contributed by atoms with Crippen molar-refractivity contribution >= 4 is 17.8 Å². The summed E-state index contributed by atoms with van der Waals surface area (Å²) in [7, 11) is 1.48. The number of aliphatic carboxylic acids is 1. The van der Waals surface area contributed by atoms with Crippen molar-refractivity contribution in [3.63, 3.8) is 0 Å². The highest BCUT2D eigenvalue weighted by Gasteiger charge is 2.32. The SMILES string of the molecule is CCOC(=O)CN(CCOC)C(=O)CC(C)(C)C(=O)O. The molecule has 0 unspecified atom stereocenters. The molecule has 1 amide bonds. The first-order chi connectivity index (χ1) is 9.24. The molecular formula is C13H23NO6. The monoisotopic (exact) mass is 289 g/mol. The van der Waals surface area contributed by atoms with E-state index in [0.29, 0.717) is 0 Å². The molecule has 0 spiro atoms. The van der Waals surface area contributed by atoms with Gasteiger partial charge in [-0.25, -0.2) is 0 Å². The average molecular weight is 289 g/mol. The van der Waals surface area contributed by atoms with Gasteiger partial charge in [0.2, 0.25) is 5.91 Å². The molecule has 0 radical (unpaired) electrons. The summed E-state index contributed by atoms with van der Waals surface area (Å²) in [4.78, 5) is 35.8. The van der Waals surface area contributed by atoms with Crippen LogP contribution >= 0.6 is 0 Å². The van der Waals surface area contributed by atoms with E-state index in [9.17, 15) is 14.4 Å². The molecule has 0 saturated carbocycles. The molecule has 0 aliphatic carbocycles. The molecule has 0 aliphatic rings. The topological polar surface area (TPSA) is 93.1 Å². The smallest absolute Gasteiger partial charge is 0.325 e. The Labute approximate surface area is 118 Å². The van der Waals surface area contributed by atoms with Gasteiger partial charge in [0.1, 0.15) is 6.54 Å². The Morgan fingerprint density at radius 2 is 1.85 bits per heavy atom. The molecule has 0 atom stereocenters. The summed E-state index contributed by atoms with van der Waals surface area (Å²) in [6, 6.07) is 0. The molecule has 0 bridgehead atoms. The van der Waals surface area contributed by atoms with E-state index in [1.165, 1.54) is 25.9 Å². The number of nitrogens with zero attached hydrogens (tertiary/aromatic N) is 1. The van der Waals surface area contributed by atoms with Crippen LogP contribution in [0.4, 0.5) is 0 Å². The maximum absolute atomic E-state index is 12.1. The third-order valence-electron chi connectivity index (χ3n) is 2.72. The largest absolute Gasteiger partial charge is 0.481 e. The van der Waals surface area contributed by atoms with Crippen molar-refractivity contribution in [1.82, 2.24) is 4.90 Å². The highest BCUT2D eigenvalue weighted by Crippen LogP contribution is 2.21. The van der Waals surface area contributed by atoms with E-state index in [1.54, 1.807) is 6.92 Å². The molecule has 0 aromatic carbocycles. The van der Waals surface area contributed by atoms with Crippen LogP contribution in [0.1, 0.15) is 27.2 Å². The number of rotatable bonds is 9. The fourth-order valence-corrected chi connectivity index (χ4v) is 1.42. The summed E-state index contributed by atoms with van der Waals surface area (Å²) in [6.07, 6.45) is -0.189. The molecular weight excluding hydrogens is 266 g/mol. The standard InChI is InChI=1S/C13H23NO6/c1-5-20-11(16)9-14(6-7-19-4)10(15)8-13(2,3)12(17)18/h5-9H2,1-4H3,(H,17,18). The van der Waals surface area contributed by atoms with Crippen LogP contribution in [0.25, 0.3) is 0 Å². The van der Waals surface area contributed by atoms with Gasteiger partial charge in [-0.15, -0.1) is 0 Å². The maximum Gasteiger partial charge on any atom is 0.325 e. The molecule has 0 aromatic heterocycles. The summed E-state index contributed by atoms with van der Waals surface area (Å²) in [5.41, 5.74) is -1.18. The third kappa shape index (κ3) is 6.51. The summed E-state index contributed by atoms with van der Waals surface area (Å²) in [6.45, 7) is 5.10. The summed E-state index contributed by atoms with van der Waals surface area (Å²) in [5.74, 6) is -2.00. The second kappa shape index (κ2) is 8.52. The molecule has 0 aromatic rings. The lowest BCUT2D eigenvalue weighted by molar-refractivity contribution is -0.154. The van der Waals surface area contributed by atoms with Gasteiger partial charge < -0.3 is 19.5 Å². The maximum atomic E-state index is 12.1. The highest BCUT2D eigenvalue weighted by molar-refractivity contribution is 5.86. The zero-order valence-electron chi connectivity index (χ0n) is 12.5. The van der Waals surface area contributed by atoms with Gasteiger partial charge in [-0.1, -0.05) is 0 Å². The van der Waals surface area contributed by atoms with Gasteiger partial charge in [0.05, 0.1) is 18.6 Å². The van der Waals surface area contributed by atoms with E-state index in [2.05, 4.69) is 0 Å². The third-order valence-corrected chi connectivity index (χ3v) is 2.72. The van der Waals surface area contributed by atoms with Crippen LogP contribution < -0.4 is 0 Å². The van der Waals surface area contributed by atoms with Gasteiger partial charge >= 0.3 is 11.9 Å². The minimum Gasteiger partial charge on any atom is -0.481 e. The van der Waals surface area contributed by atoms with Crippen LogP contribution in [0.2, 0.25) is 0 Å². The van der Waals surface area contributed by atoms with Crippen molar-refractivity contribution in [2.45, 2.75) is 27.2 Å². The lowest BCUT2D eigenvalue weighted by Gasteiger charge is -2.25. The van der Waals surface area contributed by atoms with Crippen molar-refractivity contribution in [3.05, 3.63) is 0 Å². The number of ether oxygens (including phenoxy) is 2. The molecule has 0 rings (SSSR count). The molecule has 20 heavy (non-hydrogen) atoms. The lowest BCUT2D eigenvalue weighted by Crippen LogP contribution is -2.41. The van der Waals surface area contributed by atoms with Crippen LogP contribution in [0.15, 0.2) is 0 Å². The second-order valence-corrected chi connectivity index (χ2v) is 4.98. The van der Waals surface area contributed by atoms with E-state index in [1.807, 2.05) is 0 Å². The van der Waals surface area contributed by atoms with Crippen molar-refractivity contribution in [2.75, 3.05) is 33.4 Å². The van der Waals surface area contributed by atoms with E-state index >= 15 is 0 Å². The van der Waals surface area contributed by atoms with Crippen LogP contribution in [-0.4, -0.2) is 61.3 Å². The van der Waals surface area contributed by atoms with E-state index in [0.717, 1.165) is 0 Å². The minimum absolute atomic E-state index is 0.189. The van der Waals surface area contributed by atoms with Crippen LogP contribution in [-0.2, 0) is 23.9 Å². The number of esters is 1. The second-order valence-electron chi connectivity index (χ2n) is 4.98. The Morgan fingerprint density at radius 3 is 2.30 bits per heavy atom. The van der Waals surface area contributed by atoms with E-state index < -0.39 is 23.3 Å². The Hall–Kier alpha value is -1.63. The predicted molar refractivity (Wildman–Crippen MR) is 71.1 cm³/mol. The van der Waals surface area contributed by atoms with Gasteiger partial charge in [0.25, 0.3) is 0 Å². The van der Waals surface area contributed by atoms with Crippen molar-refractivity contribution in [3.8, 4) is 0 Å². The molecule has 7 nitrogen and oxygen atoms in total. The number of carboxylic acids is 1. The Bertz CT molecular complexity index is 353. The van der Waals surface area contributed by atoms with Crippen molar-refractivity contribution in [1.29, 1.82) is 0 Å². The zero-order valence-corrected chi connectivity index (χ0v) is 12.5. The number of hydrogen-bond donors (Lipinski definition) is 1. The molecule has 116 valence electrons. The van der Waals surface area contributed by atoms with Crippen molar-refractivity contribution < 1.29 is 29.0 Å². The molecule has 0 fully saturated rings. The van der Waals surface area contributed by atoms with Gasteiger partial charge in [-0.2, -0.15) is 0 Å². The minimum atomic E-state index is -1.18. The quantitative estimate of drug-likeness (QED) is 0.622. The van der Waals surface area contributed by atoms with Crippen LogP contribution in [0.5, 0.6) is 0 Å². The van der Waals surface area contributed by atoms with Crippen molar-refractivity contribution in [2.24, 2.45) is 5.41 Å². The molecule has 0 aliphatic heterocycles. The molecule has 7 heteroatoms. The number of amides is 1. The summed E-state index contributed by atoms with van der Waals surface area (Å²) >= 11 is 0. The summed E-state index contributed by atoms with van der Waals surface area (Å²) < 4.78 is 9.67. The fraction of sp³-hybridized carbons (Fsp3) is 0.769. The molecule has 0 saturated heterocycles. The Kier molecular flexibility index (Phi) is 7.83. The number of carbonyl (C=O) groups is 3. The van der Waals surface area contributed by atoms with Gasteiger partial charge in [0.15, 0.2) is 0 Å². The van der Waals surface area contributed by atoms with Crippen LogP contribution in [0.3, 0.4) is 0 Å².